The van der Waals surface area contributed by atoms with Crippen LogP contribution >= 0.6 is 0 Å². The predicted molar refractivity (Wildman–Crippen MR) is 71.9 cm³/mol. The zero-order valence-electron chi connectivity index (χ0n) is 10.3. The average molecular weight is 237 g/mol. The van der Waals surface area contributed by atoms with Crippen molar-refractivity contribution in [3.05, 3.63) is 65.5 Å². The lowest BCUT2D eigenvalue weighted by atomic mass is 9.86. The topological polar surface area (TPSA) is 33.1 Å². The van der Waals surface area contributed by atoms with Crippen LogP contribution in [0.4, 0.5) is 0 Å². The Labute approximate surface area is 107 Å². The molecular formula is C16H15NO. The van der Waals surface area contributed by atoms with Crippen molar-refractivity contribution in [2.24, 2.45) is 0 Å². The number of benzene rings is 1. The molecule has 0 amide bonds. The van der Waals surface area contributed by atoms with Crippen molar-refractivity contribution in [2.75, 3.05) is 0 Å². The second-order valence-corrected chi connectivity index (χ2v) is 4.32. The first-order valence-electron chi connectivity index (χ1n) is 5.81. The molecule has 1 N–H and O–H groups in total. The molecule has 0 aliphatic heterocycles. The zero-order chi connectivity index (χ0) is 13.0. The van der Waals surface area contributed by atoms with Gasteiger partial charge in [0, 0.05) is 12.6 Å². The molecule has 0 fully saturated rings. The van der Waals surface area contributed by atoms with Crippen LogP contribution < -0.4 is 0 Å². The van der Waals surface area contributed by atoms with Crippen molar-refractivity contribution in [2.45, 2.75) is 18.9 Å². The van der Waals surface area contributed by atoms with E-state index in [0.717, 1.165) is 11.1 Å². The normalized spacial score (nSPS) is 13.6. The Bertz CT molecular complexity index is 554. The van der Waals surface area contributed by atoms with Crippen molar-refractivity contribution in [3.8, 4) is 12.3 Å². The van der Waals surface area contributed by atoms with E-state index < -0.39 is 5.60 Å². The molecule has 2 rings (SSSR count). The van der Waals surface area contributed by atoms with Gasteiger partial charge in [-0.2, -0.15) is 0 Å². The van der Waals surface area contributed by atoms with Crippen LogP contribution in [-0.2, 0) is 5.60 Å². The van der Waals surface area contributed by atoms with E-state index in [1.54, 1.807) is 12.3 Å². The fourth-order valence-electron chi connectivity index (χ4n) is 1.92. The summed E-state index contributed by atoms with van der Waals surface area (Å²) in [4.78, 5) is 4.22. The van der Waals surface area contributed by atoms with E-state index in [0.29, 0.717) is 5.69 Å². The molecule has 18 heavy (non-hydrogen) atoms. The molecule has 0 spiro atoms. The maximum absolute atomic E-state index is 10.8. The first-order chi connectivity index (χ1) is 8.66. The Hall–Kier alpha value is -2.11. The smallest absolute Gasteiger partial charge is 0.142 e. The van der Waals surface area contributed by atoms with Gasteiger partial charge in [0.1, 0.15) is 5.60 Å². The lowest BCUT2D eigenvalue weighted by Crippen LogP contribution is -2.27. The Morgan fingerprint density at radius 2 is 1.94 bits per heavy atom. The maximum atomic E-state index is 10.8. The second-order valence-electron chi connectivity index (χ2n) is 4.32. The van der Waals surface area contributed by atoms with E-state index in [1.165, 1.54) is 0 Å². The predicted octanol–water partition coefficient (Wildman–Crippen LogP) is 2.65. The van der Waals surface area contributed by atoms with Crippen LogP contribution in [-0.4, -0.2) is 10.1 Å². The highest BCUT2D eigenvalue weighted by molar-refractivity contribution is 5.35. The number of hydrogen-bond donors (Lipinski definition) is 1. The summed E-state index contributed by atoms with van der Waals surface area (Å²) in [5.74, 6) is 2.53. The van der Waals surface area contributed by atoms with Crippen molar-refractivity contribution in [1.82, 2.24) is 4.98 Å². The van der Waals surface area contributed by atoms with Crippen LogP contribution in [0.2, 0.25) is 0 Å². The van der Waals surface area contributed by atoms with Gasteiger partial charge < -0.3 is 5.11 Å². The molecule has 0 bridgehead atoms. The molecule has 1 aromatic heterocycles. The number of rotatable bonds is 3. The molecule has 2 heteroatoms. The molecule has 0 saturated heterocycles. The van der Waals surface area contributed by atoms with Crippen molar-refractivity contribution in [1.29, 1.82) is 0 Å². The molecule has 0 aliphatic carbocycles. The van der Waals surface area contributed by atoms with Gasteiger partial charge in [0.25, 0.3) is 0 Å². The van der Waals surface area contributed by atoms with Gasteiger partial charge in [0.2, 0.25) is 0 Å². The number of aryl methyl sites for hydroxylation is 1. The third-order valence-corrected chi connectivity index (χ3v) is 2.98. The monoisotopic (exact) mass is 237 g/mol. The van der Waals surface area contributed by atoms with Crippen LogP contribution in [0.1, 0.15) is 23.2 Å². The van der Waals surface area contributed by atoms with E-state index in [1.807, 2.05) is 43.3 Å². The lowest BCUT2D eigenvalue weighted by molar-refractivity contribution is 0.0818. The number of aromatic nitrogens is 1. The maximum Gasteiger partial charge on any atom is 0.142 e. The van der Waals surface area contributed by atoms with E-state index in [2.05, 4.69) is 10.9 Å². The minimum atomic E-state index is -1.22. The van der Waals surface area contributed by atoms with E-state index in [4.69, 9.17) is 6.42 Å². The summed E-state index contributed by atoms with van der Waals surface area (Å²) in [6, 6.07) is 13.1. The van der Waals surface area contributed by atoms with Crippen molar-refractivity contribution < 1.29 is 5.11 Å². The van der Waals surface area contributed by atoms with Gasteiger partial charge in [0.15, 0.2) is 0 Å². The number of pyridine rings is 1. The Morgan fingerprint density at radius 1 is 1.22 bits per heavy atom. The quantitative estimate of drug-likeness (QED) is 0.832. The van der Waals surface area contributed by atoms with Crippen LogP contribution in [0.15, 0.2) is 48.7 Å². The number of aliphatic hydroxyl groups is 1. The molecular weight excluding hydrogens is 222 g/mol. The number of nitrogens with zero attached hydrogens (tertiary/aromatic N) is 1. The molecule has 2 aromatic rings. The highest BCUT2D eigenvalue weighted by Gasteiger charge is 2.31. The fraction of sp³-hybridized carbons (Fsp3) is 0.188. The molecule has 1 heterocycles. The summed E-state index contributed by atoms with van der Waals surface area (Å²) in [5.41, 5.74) is 1.27. The fourth-order valence-corrected chi connectivity index (χ4v) is 1.92. The number of hydrogen-bond acceptors (Lipinski definition) is 2. The molecule has 1 atom stereocenters. The third kappa shape index (κ3) is 2.27. The SMILES string of the molecule is C#CCC(O)(c1ccc(C)cc1)c1ccccn1. The Kier molecular flexibility index (Phi) is 3.45. The van der Waals surface area contributed by atoms with Crippen LogP contribution in [0.3, 0.4) is 0 Å². The molecule has 0 radical (unpaired) electrons. The van der Waals surface area contributed by atoms with Gasteiger partial charge in [-0.25, -0.2) is 0 Å². The van der Waals surface area contributed by atoms with Crippen molar-refractivity contribution >= 4 is 0 Å². The summed E-state index contributed by atoms with van der Waals surface area (Å²) in [6.45, 7) is 2.00. The van der Waals surface area contributed by atoms with Crippen LogP contribution in [0, 0.1) is 19.3 Å². The van der Waals surface area contributed by atoms with Gasteiger partial charge in [-0.15, -0.1) is 12.3 Å². The van der Waals surface area contributed by atoms with Gasteiger partial charge >= 0.3 is 0 Å². The zero-order valence-corrected chi connectivity index (χ0v) is 10.3. The second kappa shape index (κ2) is 5.03. The number of terminal acetylenes is 1. The van der Waals surface area contributed by atoms with Crippen LogP contribution in [0.5, 0.6) is 0 Å². The minimum absolute atomic E-state index is 0.201. The largest absolute Gasteiger partial charge is 0.378 e. The molecule has 1 aromatic carbocycles. The first kappa shape index (κ1) is 12.3. The summed E-state index contributed by atoms with van der Waals surface area (Å²) in [5, 5.41) is 10.8. The van der Waals surface area contributed by atoms with E-state index in [9.17, 15) is 5.11 Å². The minimum Gasteiger partial charge on any atom is -0.378 e. The van der Waals surface area contributed by atoms with Gasteiger partial charge in [-0.1, -0.05) is 35.9 Å². The molecule has 1 unspecified atom stereocenters. The van der Waals surface area contributed by atoms with E-state index >= 15 is 0 Å². The molecule has 0 saturated carbocycles. The third-order valence-electron chi connectivity index (χ3n) is 2.98. The van der Waals surface area contributed by atoms with Gasteiger partial charge in [0.05, 0.1) is 5.69 Å². The van der Waals surface area contributed by atoms with Crippen LogP contribution in [0.25, 0.3) is 0 Å². The van der Waals surface area contributed by atoms with Crippen molar-refractivity contribution in [3.63, 3.8) is 0 Å². The van der Waals surface area contributed by atoms with Gasteiger partial charge in [-0.3, -0.25) is 4.98 Å². The summed E-state index contributed by atoms with van der Waals surface area (Å²) in [7, 11) is 0. The highest BCUT2D eigenvalue weighted by atomic mass is 16.3. The summed E-state index contributed by atoms with van der Waals surface area (Å²) in [6.07, 6.45) is 7.24. The molecule has 2 nitrogen and oxygen atoms in total. The molecule has 0 aliphatic rings. The standard InChI is InChI=1S/C16H15NO/c1-3-11-16(18,15-6-4-5-12-17-15)14-9-7-13(2)8-10-14/h1,4-10,12,18H,11H2,2H3. The van der Waals surface area contributed by atoms with E-state index in [-0.39, 0.29) is 6.42 Å². The Morgan fingerprint density at radius 3 is 2.50 bits per heavy atom. The highest BCUT2D eigenvalue weighted by Crippen LogP contribution is 2.31. The van der Waals surface area contributed by atoms with Gasteiger partial charge in [-0.05, 0) is 24.6 Å². The summed E-state index contributed by atoms with van der Waals surface area (Å²) >= 11 is 0. The Balaban J connectivity index is 2.51. The first-order valence-corrected chi connectivity index (χ1v) is 5.81. The lowest BCUT2D eigenvalue weighted by Gasteiger charge is -2.26. The summed E-state index contributed by atoms with van der Waals surface area (Å²) < 4.78 is 0. The average Bonchev–Trinajstić information content (AvgIpc) is 2.40. The molecule has 90 valence electrons.